The van der Waals surface area contributed by atoms with Gasteiger partial charge in [-0.3, -0.25) is 9.78 Å². The molecule has 126 valence electrons. The quantitative estimate of drug-likeness (QED) is 0.915. The van der Waals surface area contributed by atoms with Gasteiger partial charge in [-0.15, -0.1) is 0 Å². The van der Waals surface area contributed by atoms with Crippen molar-refractivity contribution < 1.29 is 9.53 Å². The predicted octanol–water partition coefficient (Wildman–Crippen LogP) is 3.52. The van der Waals surface area contributed by atoms with Crippen LogP contribution in [0.25, 0.3) is 11.3 Å². The Morgan fingerprint density at radius 3 is 2.96 bits per heavy atom. The number of carbonyl (C=O) groups excluding carboxylic acids is 1. The van der Waals surface area contributed by atoms with Gasteiger partial charge < -0.3 is 10.1 Å². The fourth-order valence-electron chi connectivity index (χ4n) is 2.98. The van der Waals surface area contributed by atoms with E-state index in [1.165, 1.54) is 5.56 Å². The number of aromatic nitrogens is 1. The summed E-state index contributed by atoms with van der Waals surface area (Å²) >= 11 is 0. The van der Waals surface area contributed by atoms with Crippen LogP contribution in [-0.4, -0.2) is 23.5 Å². The van der Waals surface area contributed by atoms with Crippen molar-refractivity contribution in [1.29, 1.82) is 0 Å². The number of fused-ring (bicyclic) bond motifs is 1. The zero-order valence-electron chi connectivity index (χ0n) is 14.5. The van der Waals surface area contributed by atoms with Crippen LogP contribution in [0.15, 0.2) is 36.5 Å². The molecule has 0 aliphatic carbocycles. The van der Waals surface area contributed by atoms with Crippen molar-refractivity contribution in [3.8, 4) is 17.0 Å². The zero-order valence-corrected chi connectivity index (χ0v) is 14.5. The van der Waals surface area contributed by atoms with Crippen LogP contribution in [0.3, 0.4) is 0 Å². The Labute approximate surface area is 143 Å². The fraction of sp³-hybridized carbons (Fsp3) is 0.400. The van der Waals surface area contributed by atoms with E-state index in [0.29, 0.717) is 6.54 Å². The molecule has 1 N–H and O–H groups in total. The molecule has 4 nitrogen and oxygen atoms in total. The molecule has 0 fully saturated rings. The van der Waals surface area contributed by atoms with Gasteiger partial charge in [0.25, 0.3) is 0 Å². The minimum absolute atomic E-state index is 0.0156. The molecule has 2 atom stereocenters. The second-order valence-electron chi connectivity index (χ2n) is 6.46. The third-order valence-electron chi connectivity index (χ3n) is 4.66. The van der Waals surface area contributed by atoms with Gasteiger partial charge in [-0.1, -0.05) is 32.0 Å². The molecular formula is C20H24N2O2. The first-order valence-corrected chi connectivity index (χ1v) is 8.58. The van der Waals surface area contributed by atoms with Gasteiger partial charge in [-0.05, 0) is 36.6 Å². The first-order valence-electron chi connectivity index (χ1n) is 8.58. The number of para-hydroxylation sites is 1. The maximum absolute atomic E-state index is 12.0. The van der Waals surface area contributed by atoms with Crippen LogP contribution >= 0.6 is 0 Å². The van der Waals surface area contributed by atoms with E-state index in [-0.39, 0.29) is 17.9 Å². The number of rotatable bonds is 5. The molecule has 1 aromatic heterocycles. The van der Waals surface area contributed by atoms with Gasteiger partial charge in [0, 0.05) is 24.1 Å². The van der Waals surface area contributed by atoms with Crippen molar-refractivity contribution in [2.75, 3.05) is 6.54 Å². The van der Waals surface area contributed by atoms with Gasteiger partial charge in [-0.2, -0.15) is 0 Å². The highest BCUT2D eigenvalue weighted by molar-refractivity contribution is 5.78. The minimum Gasteiger partial charge on any atom is -0.487 e. The number of hydrogen-bond acceptors (Lipinski definition) is 3. The molecule has 2 aromatic rings. The van der Waals surface area contributed by atoms with Crippen molar-refractivity contribution in [3.05, 3.63) is 47.7 Å². The number of pyridine rings is 1. The Bertz CT molecular complexity index is 742. The zero-order chi connectivity index (χ0) is 17.1. The molecule has 1 aliphatic heterocycles. The van der Waals surface area contributed by atoms with E-state index in [9.17, 15) is 4.79 Å². The third-order valence-corrected chi connectivity index (χ3v) is 4.66. The second-order valence-corrected chi connectivity index (χ2v) is 6.46. The molecule has 1 amide bonds. The Balaban J connectivity index is 1.75. The van der Waals surface area contributed by atoms with E-state index >= 15 is 0 Å². The number of ether oxygens (including phenoxy) is 1. The van der Waals surface area contributed by atoms with Crippen molar-refractivity contribution in [1.82, 2.24) is 10.3 Å². The second kappa shape index (κ2) is 7.04. The highest BCUT2D eigenvalue weighted by Gasteiger charge is 2.27. The summed E-state index contributed by atoms with van der Waals surface area (Å²) in [5.41, 5.74) is 4.29. The number of nitrogens with zero attached hydrogens (tertiary/aromatic N) is 1. The standard InChI is InChI=1S/C20H24N2O2/c1-4-13(2)20(23)22-12-16-11-15-8-5-9-17(19(15)24-16)18-14(3)7-6-10-21-18/h5-10,13,16H,4,11-12H2,1-3H3,(H,22,23)/t13-,16-/m0/s1. The molecule has 0 saturated heterocycles. The molecule has 1 aliphatic rings. The van der Waals surface area contributed by atoms with Crippen LogP contribution in [0, 0.1) is 12.8 Å². The maximum atomic E-state index is 12.0. The predicted molar refractivity (Wildman–Crippen MR) is 95.0 cm³/mol. The van der Waals surface area contributed by atoms with Crippen molar-refractivity contribution in [2.24, 2.45) is 5.92 Å². The number of hydrogen-bond donors (Lipinski definition) is 1. The molecular weight excluding hydrogens is 300 g/mol. The summed E-state index contributed by atoms with van der Waals surface area (Å²) < 4.78 is 6.16. The van der Waals surface area contributed by atoms with Crippen LogP contribution in [0.2, 0.25) is 0 Å². The first-order chi connectivity index (χ1) is 11.6. The lowest BCUT2D eigenvalue weighted by molar-refractivity contribution is -0.124. The lowest BCUT2D eigenvalue weighted by atomic mass is 10.0. The Morgan fingerprint density at radius 2 is 2.21 bits per heavy atom. The maximum Gasteiger partial charge on any atom is 0.222 e. The normalized spacial score (nSPS) is 17.0. The van der Waals surface area contributed by atoms with Crippen LogP contribution in [0.4, 0.5) is 0 Å². The summed E-state index contributed by atoms with van der Waals surface area (Å²) in [5, 5.41) is 3.00. The largest absolute Gasteiger partial charge is 0.487 e. The Kier molecular flexibility index (Phi) is 4.84. The Morgan fingerprint density at radius 1 is 1.38 bits per heavy atom. The van der Waals surface area contributed by atoms with Crippen LogP contribution in [0.1, 0.15) is 31.4 Å². The number of carbonyl (C=O) groups is 1. The number of nitrogens with one attached hydrogen (secondary N) is 1. The summed E-state index contributed by atoms with van der Waals surface area (Å²) in [6, 6.07) is 10.2. The van der Waals surface area contributed by atoms with Gasteiger partial charge >= 0.3 is 0 Å². The third kappa shape index (κ3) is 3.28. The van der Waals surface area contributed by atoms with E-state index in [0.717, 1.165) is 35.4 Å². The molecule has 4 heteroatoms. The molecule has 2 heterocycles. The fourth-order valence-corrected chi connectivity index (χ4v) is 2.98. The average Bonchev–Trinajstić information content (AvgIpc) is 3.02. The van der Waals surface area contributed by atoms with Crippen molar-refractivity contribution >= 4 is 5.91 Å². The lowest BCUT2D eigenvalue weighted by Gasteiger charge is -2.15. The SMILES string of the molecule is CC[C@H](C)C(=O)NC[C@@H]1Cc2cccc(-c3ncccc3C)c2O1. The summed E-state index contributed by atoms with van der Waals surface area (Å²) in [4.78, 5) is 16.5. The molecule has 24 heavy (non-hydrogen) atoms. The van der Waals surface area contributed by atoms with E-state index in [1.807, 2.05) is 32.0 Å². The molecule has 3 rings (SSSR count). The summed E-state index contributed by atoms with van der Waals surface area (Å²) in [6.07, 6.45) is 3.45. The van der Waals surface area contributed by atoms with Gasteiger partial charge in [0.1, 0.15) is 11.9 Å². The lowest BCUT2D eigenvalue weighted by Crippen LogP contribution is -2.37. The topological polar surface area (TPSA) is 51.2 Å². The summed E-state index contributed by atoms with van der Waals surface area (Å²) in [5.74, 6) is 1.04. The molecule has 1 aromatic carbocycles. The highest BCUT2D eigenvalue weighted by atomic mass is 16.5. The molecule has 0 bridgehead atoms. The van der Waals surface area contributed by atoms with Crippen LogP contribution < -0.4 is 10.1 Å². The van der Waals surface area contributed by atoms with Crippen molar-refractivity contribution in [3.63, 3.8) is 0 Å². The van der Waals surface area contributed by atoms with E-state index in [1.54, 1.807) is 6.20 Å². The van der Waals surface area contributed by atoms with E-state index < -0.39 is 0 Å². The van der Waals surface area contributed by atoms with E-state index in [4.69, 9.17) is 4.74 Å². The van der Waals surface area contributed by atoms with Crippen LogP contribution in [-0.2, 0) is 11.2 Å². The molecule has 0 saturated carbocycles. The molecule has 0 spiro atoms. The highest BCUT2D eigenvalue weighted by Crippen LogP contribution is 2.38. The smallest absolute Gasteiger partial charge is 0.222 e. The van der Waals surface area contributed by atoms with Gasteiger partial charge in [-0.25, -0.2) is 0 Å². The number of amides is 1. The summed E-state index contributed by atoms with van der Waals surface area (Å²) in [7, 11) is 0. The average molecular weight is 324 g/mol. The number of aryl methyl sites for hydroxylation is 1. The molecule has 0 radical (unpaired) electrons. The van der Waals surface area contributed by atoms with Gasteiger partial charge in [0.05, 0.1) is 12.2 Å². The van der Waals surface area contributed by atoms with E-state index in [2.05, 4.69) is 29.4 Å². The number of benzene rings is 1. The van der Waals surface area contributed by atoms with Gasteiger partial charge in [0.2, 0.25) is 5.91 Å². The Hall–Kier alpha value is -2.36. The van der Waals surface area contributed by atoms with Crippen molar-refractivity contribution in [2.45, 2.75) is 39.7 Å². The van der Waals surface area contributed by atoms with Gasteiger partial charge in [0.15, 0.2) is 0 Å². The monoisotopic (exact) mass is 324 g/mol. The summed E-state index contributed by atoms with van der Waals surface area (Å²) in [6.45, 7) is 6.56. The molecule has 0 unspecified atom stereocenters. The van der Waals surface area contributed by atoms with Crippen LogP contribution in [0.5, 0.6) is 5.75 Å². The minimum atomic E-state index is -0.0156. The first kappa shape index (κ1) is 16.5.